The molecule has 0 bridgehead atoms. The van der Waals surface area contributed by atoms with Crippen molar-refractivity contribution in [3.8, 4) is 0 Å². The van der Waals surface area contributed by atoms with E-state index in [4.69, 9.17) is 5.73 Å². The van der Waals surface area contributed by atoms with Gasteiger partial charge in [0.15, 0.2) is 0 Å². The Morgan fingerprint density at radius 1 is 1.17 bits per heavy atom. The molecule has 5 nitrogen and oxygen atoms in total. The Morgan fingerprint density at radius 3 is 2.17 bits per heavy atom. The summed E-state index contributed by atoms with van der Waals surface area (Å²) in [5.74, 6) is -0.372. The highest BCUT2D eigenvalue weighted by atomic mass is 32.2. The quantitative estimate of drug-likeness (QED) is 0.892. The van der Waals surface area contributed by atoms with Crippen molar-refractivity contribution < 1.29 is 9.59 Å². The molecule has 0 unspecified atom stereocenters. The van der Waals surface area contributed by atoms with E-state index in [0.29, 0.717) is 10.5 Å². The highest BCUT2D eigenvalue weighted by Gasteiger charge is 2.28. The second-order valence-corrected chi connectivity index (χ2v) is 8.54. The number of nitrogens with one attached hydrogen (secondary N) is 1. The van der Waals surface area contributed by atoms with Gasteiger partial charge in [0.25, 0.3) is 0 Å². The molecule has 1 saturated heterocycles. The maximum absolute atomic E-state index is 12.4. The summed E-state index contributed by atoms with van der Waals surface area (Å²) in [6.07, 6.45) is 0. The van der Waals surface area contributed by atoms with Gasteiger partial charge in [0.2, 0.25) is 5.91 Å². The summed E-state index contributed by atoms with van der Waals surface area (Å²) in [4.78, 5) is 25.7. The van der Waals surface area contributed by atoms with Crippen molar-refractivity contribution in [1.82, 2.24) is 4.90 Å². The lowest BCUT2D eigenvalue weighted by atomic mass is 9.84. The fourth-order valence-corrected chi connectivity index (χ4v) is 3.98. The van der Waals surface area contributed by atoms with Gasteiger partial charge in [0, 0.05) is 29.3 Å². The molecule has 0 aliphatic carbocycles. The fraction of sp³-hybridized carbons (Fsp3) is 0.529. The van der Waals surface area contributed by atoms with E-state index in [0.717, 1.165) is 24.3 Å². The molecule has 1 aliphatic heterocycles. The van der Waals surface area contributed by atoms with Crippen molar-refractivity contribution in [2.45, 2.75) is 43.6 Å². The minimum Gasteiger partial charge on any atom is -0.369 e. The van der Waals surface area contributed by atoms with E-state index in [1.165, 1.54) is 0 Å². The molecule has 2 rings (SSSR count). The van der Waals surface area contributed by atoms with Crippen LogP contribution in [0.4, 0.5) is 10.5 Å². The zero-order valence-corrected chi connectivity index (χ0v) is 14.9. The van der Waals surface area contributed by atoms with E-state index in [9.17, 15) is 9.59 Å². The third kappa shape index (κ3) is 4.19. The van der Waals surface area contributed by atoms with Gasteiger partial charge >= 0.3 is 6.03 Å². The Balaban J connectivity index is 2.03. The topological polar surface area (TPSA) is 75.4 Å². The van der Waals surface area contributed by atoms with E-state index in [-0.39, 0.29) is 11.9 Å². The molecular formula is C17H25N3O2S. The Hall–Kier alpha value is -1.69. The van der Waals surface area contributed by atoms with Gasteiger partial charge in [-0.05, 0) is 31.5 Å². The van der Waals surface area contributed by atoms with E-state index in [1.54, 1.807) is 13.8 Å². The first kappa shape index (κ1) is 17.7. The molecule has 1 aliphatic rings. The van der Waals surface area contributed by atoms with Crippen LogP contribution in [-0.4, -0.2) is 40.4 Å². The van der Waals surface area contributed by atoms with Crippen LogP contribution in [0.5, 0.6) is 0 Å². The van der Waals surface area contributed by atoms with E-state index >= 15 is 0 Å². The van der Waals surface area contributed by atoms with Crippen molar-refractivity contribution in [3.05, 3.63) is 29.8 Å². The molecule has 1 aromatic rings. The number of anilines is 1. The largest absolute Gasteiger partial charge is 0.369 e. The number of amides is 3. The molecule has 1 fully saturated rings. The van der Waals surface area contributed by atoms with Gasteiger partial charge < -0.3 is 16.0 Å². The van der Waals surface area contributed by atoms with Gasteiger partial charge in [-0.1, -0.05) is 26.0 Å². The number of carbonyl (C=O) groups excluding carboxylic acids is 2. The van der Waals surface area contributed by atoms with Gasteiger partial charge in [0.05, 0.1) is 5.41 Å². The first-order valence-electron chi connectivity index (χ1n) is 7.82. The summed E-state index contributed by atoms with van der Waals surface area (Å²) in [5.41, 5.74) is 6.26. The number of nitrogens with two attached hydrogens (primary N) is 1. The van der Waals surface area contributed by atoms with Crippen LogP contribution in [-0.2, 0) is 10.2 Å². The maximum atomic E-state index is 12.4. The lowest BCUT2D eigenvalue weighted by molar-refractivity contribution is -0.122. The highest BCUT2D eigenvalue weighted by molar-refractivity contribution is 8.00. The fourth-order valence-electron chi connectivity index (χ4n) is 2.66. The predicted octanol–water partition coefficient (Wildman–Crippen LogP) is 2.81. The monoisotopic (exact) mass is 335 g/mol. The van der Waals surface area contributed by atoms with Crippen molar-refractivity contribution in [2.75, 3.05) is 18.4 Å². The molecule has 0 radical (unpaired) electrons. The number of urea groups is 1. The first-order valence-corrected chi connectivity index (χ1v) is 8.76. The van der Waals surface area contributed by atoms with Gasteiger partial charge in [-0.15, -0.1) is 0 Å². The molecule has 0 aromatic heterocycles. The first-order chi connectivity index (χ1) is 10.7. The molecule has 3 amide bonds. The van der Waals surface area contributed by atoms with Crippen LogP contribution in [0.15, 0.2) is 24.3 Å². The number of primary amides is 1. The van der Waals surface area contributed by atoms with Crippen LogP contribution in [0.3, 0.4) is 0 Å². The molecule has 0 saturated carbocycles. The number of hydrogen-bond donors (Lipinski definition) is 2. The minimum atomic E-state index is -0.725. The summed E-state index contributed by atoms with van der Waals surface area (Å²) in [5, 5.41) is 3.82. The Kier molecular flexibility index (Phi) is 5.24. The van der Waals surface area contributed by atoms with Crippen LogP contribution in [0, 0.1) is 0 Å². The van der Waals surface area contributed by atoms with Crippen molar-refractivity contribution >= 4 is 29.4 Å². The lowest BCUT2D eigenvalue weighted by Crippen LogP contribution is -2.46. The predicted molar refractivity (Wildman–Crippen MR) is 95.8 cm³/mol. The molecule has 1 aromatic carbocycles. The smallest absolute Gasteiger partial charge is 0.321 e. The summed E-state index contributed by atoms with van der Waals surface area (Å²) < 4.78 is 0. The van der Waals surface area contributed by atoms with Crippen LogP contribution >= 0.6 is 11.8 Å². The van der Waals surface area contributed by atoms with E-state index in [1.807, 2.05) is 40.9 Å². The van der Waals surface area contributed by atoms with Gasteiger partial charge in [-0.2, -0.15) is 11.8 Å². The molecule has 0 spiro atoms. The SMILES string of the molecule is C[C@H]1CN(C(=O)Nc2ccc(C(C)(C)C(N)=O)cc2)C[C@H](C)S1. The second kappa shape index (κ2) is 6.83. The van der Waals surface area contributed by atoms with Crippen LogP contribution in [0.2, 0.25) is 0 Å². The third-order valence-corrected chi connectivity index (χ3v) is 5.41. The van der Waals surface area contributed by atoms with Crippen molar-refractivity contribution in [2.24, 2.45) is 5.73 Å². The maximum Gasteiger partial charge on any atom is 0.321 e. The number of thioether (sulfide) groups is 1. The molecule has 126 valence electrons. The summed E-state index contributed by atoms with van der Waals surface area (Å²) in [6.45, 7) is 9.37. The Labute approximate surface area is 142 Å². The summed E-state index contributed by atoms with van der Waals surface area (Å²) >= 11 is 1.91. The minimum absolute atomic E-state index is 0.0779. The Bertz CT molecular complexity index is 576. The number of benzene rings is 1. The molecule has 2 atom stereocenters. The highest BCUT2D eigenvalue weighted by Crippen LogP contribution is 2.26. The third-order valence-electron chi connectivity index (χ3n) is 4.18. The van der Waals surface area contributed by atoms with Crippen LogP contribution in [0.1, 0.15) is 33.3 Å². The Morgan fingerprint density at radius 2 is 1.70 bits per heavy atom. The molecular weight excluding hydrogens is 310 g/mol. The lowest BCUT2D eigenvalue weighted by Gasteiger charge is -2.34. The van der Waals surface area contributed by atoms with Crippen molar-refractivity contribution in [3.63, 3.8) is 0 Å². The average molecular weight is 335 g/mol. The zero-order valence-electron chi connectivity index (χ0n) is 14.1. The number of nitrogens with zero attached hydrogens (tertiary/aromatic N) is 1. The van der Waals surface area contributed by atoms with Crippen LogP contribution < -0.4 is 11.1 Å². The molecule has 23 heavy (non-hydrogen) atoms. The molecule has 6 heteroatoms. The van der Waals surface area contributed by atoms with Gasteiger partial charge in [0.1, 0.15) is 0 Å². The number of hydrogen-bond acceptors (Lipinski definition) is 3. The molecule has 3 N–H and O–H groups in total. The second-order valence-electron chi connectivity index (χ2n) is 6.66. The standard InChI is InChI=1S/C17H25N3O2S/c1-11-9-20(10-12(2)23-11)16(22)19-14-7-5-13(6-8-14)17(3,4)15(18)21/h5-8,11-12H,9-10H2,1-4H3,(H2,18,21)(H,19,22)/t11-,12-/m0/s1. The normalized spacial score (nSPS) is 21.8. The summed E-state index contributed by atoms with van der Waals surface area (Å²) in [6, 6.07) is 7.20. The number of carbonyl (C=O) groups is 2. The number of rotatable bonds is 3. The van der Waals surface area contributed by atoms with Gasteiger partial charge in [-0.25, -0.2) is 4.79 Å². The van der Waals surface area contributed by atoms with Crippen LogP contribution in [0.25, 0.3) is 0 Å². The summed E-state index contributed by atoms with van der Waals surface area (Å²) in [7, 11) is 0. The van der Waals surface area contributed by atoms with Crippen molar-refractivity contribution in [1.29, 1.82) is 0 Å². The van der Waals surface area contributed by atoms with E-state index < -0.39 is 5.41 Å². The van der Waals surface area contributed by atoms with Gasteiger partial charge in [-0.3, -0.25) is 4.79 Å². The van der Waals surface area contributed by atoms with E-state index in [2.05, 4.69) is 19.2 Å². The average Bonchev–Trinajstić information content (AvgIpc) is 2.46. The molecule has 1 heterocycles. The zero-order chi connectivity index (χ0) is 17.2.